The minimum absolute atomic E-state index is 0.0692. The van der Waals surface area contributed by atoms with Gasteiger partial charge in [0.1, 0.15) is 0 Å². The smallest absolute Gasteiger partial charge is 0.253 e. The van der Waals surface area contributed by atoms with Gasteiger partial charge in [-0.15, -0.1) is 0 Å². The van der Waals surface area contributed by atoms with E-state index in [0.29, 0.717) is 11.5 Å². The maximum atomic E-state index is 12.6. The lowest BCUT2D eigenvalue weighted by molar-refractivity contribution is -0.114. The van der Waals surface area contributed by atoms with Crippen molar-refractivity contribution in [2.75, 3.05) is 18.4 Å². The van der Waals surface area contributed by atoms with E-state index in [1.54, 1.807) is 6.07 Å². The molecule has 0 aliphatic carbocycles. The highest BCUT2D eigenvalue weighted by atomic mass is 16.2. The van der Waals surface area contributed by atoms with E-state index in [0.717, 1.165) is 37.2 Å². The molecule has 2 amide bonds. The van der Waals surface area contributed by atoms with Gasteiger partial charge in [-0.3, -0.25) is 9.59 Å². The first-order valence-corrected chi connectivity index (χ1v) is 7.68. The van der Waals surface area contributed by atoms with Crippen LogP contribution in [0.1, 0.15) is 49.0 Å². The fourth-order valence-corrected chi connectivity index (χ4v) is 2.84. The van der Waals surface area contributed by atoms with Crippen LogP contribution in [-0.2, 0) is 4.79 Å². The number of rotatable bonds is 3. The van der Waals surface area contributed by atoms with Gasteiger partial charge in [-0.25, -0.2) is 0 Å². The second kappa shape index (κ2) is 6.74. The highest BCUT2D eigenvalue weighted by Crippen LogP contribution is 2.23. The highest BCUT2D eigenvalue weighted by Gasteiger charge is 2.23. The number of anilines is 1. The van der Waals surface area contributed by atoms with E-state index >= 15 is 0 Å². The van der Waals surface area contributed by atoms with E-state index in [4.69, 9.17) is 0 Å². The first-order valence-electron chi connectivity index (χ1n) is 7.68. The molecule has 1 unspecified atom stereocenters. The number of nitrogens with zero attached hydrogens (tertiary/aromatic N) is 1. The van der Waals surface area contributed by atoms with E-state index in [2.05, 4.69) is 12.2 Å². The molecule has 1 N–H and O–H groups in total. The average Bonchev–Trinajstić information content (AvgIpc) is 2.48. The third kappa shape index (κ3) is 3.84. The quantitative estimate of drug-likeness (QED) is 0.928. The Morgan fingerprint density at radius 1 is 1.38 bits per heavy atom. The molecule has 1 aliphatic rings. The second-order valence-electron chi connectivity index (χ2n) is 5.88. The Labute approximate surface area is 126 Å². The maximum absolute atomic E-state index is 12.6. The van der Waals surface area contributed by atoms with Gasteiger partial charge >= 0.3 is 0 Å². The number of carbonyl (C=O) groups excluding carboxylic acids is 2. The first kappa shape index (κ1) is 15.5. The summed E-state index contributed by atoms with van der Waals surface area (Å²) < 4.78 is 0. The predicted molar refractivity (Wildman–Crippen MR) is 84.4 cm³/mol. The van der Waals surface area contributed by atoms with Gasteiger partial charge in [-0.05, 0) is 43.4 Å². The molecule has 0 spiro atoms. The van der Waals surface area contributed by atoms with Crippen molar-refractivity contribution >= 4 is 17.5 Å². The van der Waals surface area contributed by atoms with E-state index in [1.807, 2.05) is 24.0 Å². The molecule has 0 radical (unpaired) electrons. The number of piperidine rings is 1. The number of amides is 2. The zero-order valence-electron chi connectivity index (χ0n) is 13.1. The highest BCUT2D eigenvalue weighted by molar-refractivity contribution is 5.97. The van der Waals surface area contributed by atoms with Gasteiger partial charge in [0.05, 0.1) is 0 Å². The van der Waals surface area contributed by atoms with Crippen LogP contribution < -0.4 is 5.32 Å². The predicted octanol–water partition coefficient (Wildman–Crippen LogP) is 3.22. The maximum Gasteiger partial charge on any atom is 0.253 e. The molecular weight excluding hydrogens is 264 g/mol. The van der Waals surface area contributed by atoms with Gasteiger partial charge in [0.2, 0.25) is 5.91 Å². The summed E-state index contributed by atoms with van der Waals surface area (Å²) >= 11 is 0. The SMILES string of the molecule is CCC1CCCN(C(=O)c2ccc(C)c(NC(C)=O)c2)C1. The molecule has 0 saturated carbocycles. The van der Waals surface area contributed by atoms with Crippen molar-refractivity contribution in [3.05, 3.63) is 29.3 Å². The standard InChI is InChI=1S/C17H24N2O2/c1-4-14-6-5-9-19(11-14)17(21)15-8-7-12(2)16(10-15)18-13(3)20/h7-8,10,14H,4-6,9,11H2,1-3H3,(H,18,20). The molecule has 1 aliphatic heterocycles. The molecule has 4 heteroatoms. The average molecular weight is 288 g/mol. The fourth-order valence-electron chi connectivity index (χ4n) is 2.84. The molecule has 0 aromatic heterocycles. The van der Waals surface area contributed by atoms with E-state index < -0.39 is 0 Å². The molecule has 2 rings (SSSR count). The zero-order valence-corrected chi connectivity index (χ0v) is 13.1. The topological polar surface area (TPSA) is 49.4 Å². The van der Waals surface area contributed by atoms with Crippen LogP contribution in [0.3, 0.4) is 0 Å². The van der Waals surface area contributed by atoms with Gasteiger partial charge in [0.15, 0.2) is 0 Å². The van der Waals surface area contributed by atoms with Crippen molar-refractivity contribution < 1.29 is 9.59 Å². The van der Waals surface area contributed by atoms with E-state index in [-0.39, 0.29) is 11.8 Å². The number of benzene rings is 1. The van der Waals surface area contributed by atoms with Gasteiger partial charge < -0.3 is 10.2 Å². The van der Waals surface area contributed by atoms with Crippen LogP contribution in [0.5, 0.6) is 0 Å². The first-order chi connectivity index (χ1) is 10.0. The monoisotopic (exact) mass is 288 g/mol. The minimum atomic E-state index is -0.119. The van der Waals surface area contributed by atoms with Crippen molar-refractivity contribution in [1.82, 2.24) is 4.90 Å². The van der Waals surface area contributed by atoms with Crippen LogP contribution in [-0.4, -0.2) is 29.8 Å². The lowest BCUT2D eigenvalue weighted by Gasteiger charge is -2.32. The molecule has 21 heavy (non-hydrogen) atoms. The molecule has 1 saturated heterocycles. The summed E-state index contributed by atoms with van der Waals surface area (Å²) in [4.78, 5) is 25.8. The summed E-state index contributed by atoms with van der Waals surface area (Å²) in [7, 11) is 0. The van der Waals surface area contributed by atoms with Crippen molar-refractivity contribution in [2.24, 2.45) is 5.92 Å². The molecule has 4 nitrogen and oxygen atoms in total. The van der Waals surface area contributed by atoms with Crippen molar-refractivity contribution in [3.63, 3.8) is 0 Å². The summed E-state index contributed by atoms with van der Waals surface area (Å²) in [5.74, 6) is 0.564. The minimum Gasteiger partial charge on any atom is -0.338 e. The van der Waals surface area contributed by atoms with Crippen LogP contribution in [0.15, 0.2) is 18.2 Å². The third-order valence-electron chi connectivity index (χ3n) is 4.18. The van der Waals surface area contributed by atoms with E-state index in [9.17, 15) is 9.59 Å². The number of likely N-dealkylation sites (tertiary alicyclic amines) is 1. The summed E-state index contributed by atoms with van der Waals surface area (Å²) in [5.41, 5.74) is 2.34. The Bertz CT molecular complexity index is 540. The van der Waals surface area contributed by atoms with Crippen molar-refractivity contribution in [1.29, 1.82) is 0 Å². The summed E-state index contributed by atoms with van der Waals surface area (Å²) in [6.07, 6.45) is 3.41. The Balaban J connectivity index is 2.17. The van der Waals surface area contributed by atoms with E-state index in [1.165, 1.54) is 13.3 Å². The Hall–Kier alpha value is -1.84. The number of hydrogen-bond acceptors (Lipinski definition) is 2. The van der Waals surface area contributed by atoms with Crippen LogP contribution in [0.25, 0.3) is 0 Å². The molecule has 1 atom stereocenters. The zero-order chi connectivity index (χ0) is 15.4. The van der Waals surface area contributed by atoms with Crippen LogP contribution in [0.2, 0.25) is 0 Å². The molecule has 1 aromatic rings. The van der Waals surface area contributed by atoms with Crippen molar-refractivity contribution in [3.8, 4) is 0 Å². The summed E-state index contributed by atoms with van der Waals surface area (Å²) in [6.45, 7) is 7.26. The van der Waals surface area contributed by atoms with Crippen molar-refractivity contribution in [2.45, 2.75) is 40.0 Å². The Morgan fingerprint density at radius 3 is 2.81 bits per heavy atom. The molecule has 0 bridgehead atoms. The number of aryl methyl sites for hydroxylation is 1. The molecule has 1 fully saturated rings. The molecular formula is C17H24N2O2. The summed E-state index contributed by atoms with van der Waals surface area (Å²) in [6, 6.07) is 5.52. The molecule has 1 aromatic carbocycles. The normalized spacial score (nSPS) is 18.4. The van der Waals surface area contributed by atoms with Gasteiger partial charge in [0, 0.05) is 31.3 Å². The number of carbonyl (C=O) groups is 2. The molecule has 114 valence electrons. The van der Waals surface area contributed by atoms with Gasteiger partial charge in [0.25, 0.3) is 5.91 Å². The lowest BCUT2D eigenvalue weighted by Crippen LogP contribution is -2.39. The largest absolute Gasteiger partial charge is 0.338 e. The summed E-state index contributed by atoms with van der Waals surface area (Å²) in [5, 5.41) is 2.78. The molecule has 1 heterocycles. The van der Waals surface area contributed by atoms with Gasteiger partial charge in [-0.2, -0.15) is 0 Å². The van der Waals surface area contributed by atoms with Crippen LogP contribution in [0.4, 0.5) is 5.69 Å². The second-order valence-corrected chi connectivity index (χ2v) is 5.88. The Kier molecular flexibility index (Phi) is 4.99. The van der Waals surface area contributed by atoms with Gasteiger partial charge in [-0.1, -0.05) is 19.4 Å². The third-order valence-corrected chi connectivity index (χ3v) is 4.18. The number of nitrogens with one attached hydrogen (secondary N) is 1. The number of hydrogen-bond donors (Lipinski definition) is 1. The van der Waals surface area contributed by atoms with Crippen LogP contribution in [0, 0.1) is 12.8 Å². The fraction of sp³-hybridized carbons (Fsp3) is 0.529. The van der Waals surface area contributed by atoms with Crippen LogP contribution >= 0.6 is 0 Å². The Morgan fingerprint density at radius 2 is 2.14 bits per heavy atom. The lowest BCUT2D eigenvalue weighted by atomic mass is 9.95.